The van der Waals surface area contributed by atoms with Gasteiger partial charge in [-0.25, -0.2) is 0 Å². The lowest BCUT2D eigenvalue weighted by Gasteiger charge is -2.44. The molecule has 0 aliphatic carbocycles. The Morgan fingerprint density at radius 3 is 1.36 bits per heavy atom. The number of hydrogen-bond acceptors (Lipinski definition) is 4. The van der Waals surface area contributed by atoms with Crippen LogP contribution in [-0.4, -0.2) is 6.71 Å². The zero-order chi connectivity index (χ0) is 59.7. The zero-order valence-electron chi connectivity index (χ0n) is 52.5. The molecular formula is C80H80BN3S. The van der Waals surface area contributed by atoms with Gasteiger partial charge in [0.1, 0.15) is 0 Å². The van der Waals surface area contributed by atoms with Crippen molar-refractivity contribution in [3.05, 3.63) is 240 Å². The van der Waals surface area contributed by atoms with Gasteiger partial charge in [0.05, 0.1) is 11.4 Å². The maximum atomic E-state index is 2.65. The fourth-order valence-corrected chi connectivity index (χ4v) is 14.3. The summed E-state index contributed by atoms with van der Waals surface area (Å²) >= 11 is 1.97. The van der Waals surface area contributed by atoms with Gasteiger partial charge in [-0.3, -0.25) is 0 Å². The minimum Gasteiger partial charge on any atom is -0.311 e. The van der Waals surface area contributed by atoms with E-state index >= 15 is 0 Å². The second kappa shape index (κ2) is 20.3. The van der Waals surface area contributed by atoms with E-state index < -0.39 is 0 Å². The Balaban J connectivity index is 1.18. The van der Waals surface area contributed by atoms with E-state index in [1.165, 1.54) is 109 Å². The van der Waals surface area contributed by atoms with E-state index in [9.17, 15) is 0 Å². The minimum absolute atomic E-state index is 0.00800. The molecule has 0 unspecified atom stereocenters. The van der Waals surface area contributed by atoms with Crippen LogP contribution in [0.5, 0.6) is 0 Å². The van der Waals surface area contributed by atoms with Crippen LogP contribution in [0.1, 0.15) is 132 Å². The van der Waals surface area contributed by atoms with Crippen LogP contribution in [0.25, 0.3) is 43.1 Å². The molecular weight excluding hydrogens is 1050 g/mol. The molecule has 0 spiro atoms. The molecule has 0 fully saturated rings. The molecule has 0 amide bonds. The summed E-state index contributed by atoms with van der Waals surface area (Å²) in [7, 11) is 0. The first kappa shape index (κ1) is 56.0. The van der Waals surface area contributed by atoms with Crippen molar-refractivity contribution in [1.29, 1.82) is 0 Å². The van der Waals surface area contributed by atoms with E-state index in [1.807, 2.05) is 11.3 Å². The topological polar surface area (TPSA) is 9.72 Å². The van der Waals surface area contributed by atoms with Crippen molar-refractivity contribution < 1.29 is 0 Å². The van der Waals surface area contributed by atoms with E-state index in [4.69, 9.17) is 0 Å². The highest BCUT2D eigenvalue weighted by atomic mass is 32.1. The van der Waals surface area contributed by atoms with Gasteiger partial charge in [0.2, 0.25) is 0 Å². The molecule has 13 rings (SSSR count). The van der Waals surface area contributed by atoms with Gasteiger partial charge in [0, 0.05) is 60.2 Å². The second-order valence-electron chi connectivity index (χ2n) is 29.2. The van der Waals surface area contributed by atoms with Crippen molar-refractivity contribution in [3.63, 3.8) is 0 Å². The largest absolute Gasteiger partial charge is 0.311 e. The first-order chi connectivity index (χ1) is 40.3. The van der Waals surface area contributed by atoms with Gasteiger partial charge < -0.3 is 14.7 Å². The first-order valence-corrected chi connectivity index (χ1v) is 31.4. The van der Waals surface area contributed by atoms with Gasteiger partial charge in [-0.2, -0.15) is 0 Å². The van der Waals surface area contributed by atoms with Crippen molar-refractivity contribution in [1.82, 2.24) is 0 Å². The Morgan fingerprint density at radius 1 is 0.365 bits per heavy atom. The molecule has 1 aromatic heterocycles. The molecule has 5 heteroatoms. The Labute approximate surface area is 510 Å². The summed E-state index contributed by atoms with van der Waals surface area (Å²) in [6.07, 6.45) is 0. The lowest BCUT2D eigenvalue weighted by molar-refractivity contribution is 0.590. The molecule has 3 heterocycles. The van der Waals surface area contributed by atoms with Crippen molar-refractivity contribution >= 4 is 106 Å². The van der Waals surface area contributed by atoms with E-state index in [2.05, 4.69) is 331 Å². The third kappa shape index (κ3) is 10.1. The van der Waals surface area contributed by atoms with E-state index in [0.29, 0.717) is 0 Å². The number of hydrogen-bond donors (Lipinski definition) is 0. The van der Waals surface area contributed by atoms with Crippen LogP contribution in [0.15, 0.2) is 212 Å². The smallest absolute Gasteiger partial charge is 0.264 e. The number of thiophene rings is 1. The average molecular weight is 1130 g/mol. The van der Waals surface area contributed by atoms with Gasteiger partial charge in [-0.15, -0.1) is 11.3 Å². The number of fused-ring (bicyclic) bond motifs is 7. The number of rotatable bonds is 7. The van der Waals surface area contributed by atoms with E-state index in [-0.39, 0.29) is 33.8 Å². The second-order valence-corrected chi connectivity index (χ2v) is 30.3. The normalized spacial score (nSPS) is 13.5. The van der Waals surface area contributed by atoms with Crippen molar-refractivity contribution in [2.45, 2.75) is 131 Å². The molecule has 0 N–H and O–H groups in total. The van der Waals surface area contributed by atoms with Crippen molar-refractivity contribution in [2.75, 3.05) is 14.7 Å². The third-order valence-corrected chi connectivity index (χ3v) is 19.2. The van der Waals surface area contributed by atoms with Crippen molar-refractivity contribution in [3.8, 4) is 22.3 Å². The van der Waals surface area contributed by atoms with Gasteiger partial charge in [0.15, 0.2) is 0 Å². The highest BCUT2D eigenvalue weighted by molar-refractivity contribution is 7.33. The molecule has 2 aliphatic heterocycles. The molecule has 10 aromatic carbocycles. The van der Waals surface area contributed by atoms with Gasteiger partial charge >= 0.3 is 0 Å². The molecule has 0 saturated heterocycles. The van der Waals surface area contributed by atoms with Crippen LogP contribution in [0.3, 0.4) is 0 Å². The van der Waals surface area contributed by atoms with Crippen LogP contribution in [0.2, 0.25) is 0 Å². The SMILES string of the molecule is CC(C)(C)c1ccc(N(c2ccc(C(C)(C)C)cc2)c2cc3c(cc2-c2ccccc2)B2c4sc5ccc(C(C)(C)C)cc5c4N(c4ccc(C(C)(C)C)cc4)c4cc(-c5ccc6ccccc6c5)cc(c42)N3c2ccc(C(C)(C)C)cc2)cc1. The summed E-state index contributed by atoms with van der Waals surface area (Å²) in [4.78, 5) is 7.80. The highest BCUT2D eigenvalue weighted by Crippen LogP contribution is 2.53. The third-order valence-electron chi connectivity index (χ3n) is 18.0. The number of anilines is 9. The van der Waals surface area contributed by atoms with Gasteiger partial charge in [-0.05, 0) is 178 Å². The predicted octanol–water partition coefficient (Wildman–Crippen LogP) is 21.4. The number of benzene rings is 10. The zero-order valence-corrected chi connectivity index (χ0v) is 53.4. The fraction of sp³-hybridized carbons (Fsp3) is 0.250. The van der Waals surface area contributed by atoms with Gasteiger partial charge in [0.25, 0.3) is 6.71 Å². The first-order valence-electron chi connectivity index (χ1n) is 30.6. The minimum atomic E-state index is -0.117. The maximum absolute atomic E-state index is 2.65. The molecule has 85 heavy (non-hydrogen) atoms. The Bertz CT molecular complexity index is 4290. The Morgan fingerprint density at radius 2 is 0.835 bits per heavy atom. The number of nitrogens with zero attached hydrogens (tertiary/aromatic N) is 3. The molecule has 424 valence electrons. The van der Waals surface area contributed by atoms with Crippen LogP contribution in [0.4, 0.5) is 51.2 Å². The molecule has 3 nitrogen and oxygen atoms in total. The maximum Gasteiger partial charge on any atom is 0.264 e. The van der Waals surface area contributed by atoms with E-state index in [1.54, 1.807) is 0 Å². The quantitative estimate of drug-likeness (QED) is 0.147. The predicted molar refractivity (Wildman–Crippen MR) is 372 cm³/mol. The van der Waals surface area contributed by atoms with Gasteiger partial charge in [-0.1, -0.05) is 231 Å². The lowest BCUT2D eigenvalue weighted by Crippen LogP contribution is -2.60. The van der Waals surface area contributed by atoms with Crippen molar-refractivity contribution in [2.24, 2.45) is 0 Å². The lowest BCUT2D eigenvalue weighted by atomic mass is 9.36. The summed E-state index contributed by atoms with van der Waals surface area (Å²) in [5, 5.41) is 3.75. The molecule has 0 atom stereocenters. The van der Waals surface area contributed by atoms with Crippen LogP contribution < -0.4 is 30.4 Å². The van der Waals surface area contributed by atoms with Crippen LogP contribution in [-0.2, 0) is 27.1 Å². The summed E-state index contributed by atoms with van der Waals surface area (Å²) < 4.78 is 2.65. The molecule has 0 radical (unpaired) electrons. The van der Waals surface area contributed by atoms with Crippen LogP contribution >= 0.6 is 11.3 Å². The summed E-state index contributed by atoms with van der Waals surface area (Å²) in [6.45, 7) is 34.6. The summed E-state index contributed by atoms with van der Waals surface area (Å²) in [5.74, 6) is 0. The monoisotopic (exact) mass is 1130 g/mol. The summed E-state index contributed by atoms with van der Waals surface area (Å²) in [5.41, 5.74) is 24.2. The Hall–Kier alpha value is -8.12. The Kier molecular flexibility index (Phi) is 13.4. The van der Waals surface area contributed by atoms with Crippen LogP contribution in [0, 0.1) is 0 Å². The summed E-state index contributed by atoms with van der Waals surface area (Å²) in [6, 6.07) is 82.1. The highest BCUT2D eigenvalue weighted by Gasteiger charge is 2.47. The average Bonchev–Trinajstić information content (AvgIpc) is 1.73. The fourth-order valence-electron chi connectivity index (χ4n) is 13.0. The molecule has 11 aromatic rings. The van der Waals surface area contributed by atoms with E-state index in [0.717, 1.165) is 28.4 Å². The molecule has 0 bridgehead atoms. The molecule has 2 aliphatic rings. The molecule has 0 saturated carbocycles. The standard InChI is InChI=1S/C80H80BN3S/c1-76(2,3)56-27-36-61(37-28-56)82(62-38-29-57(30-39-62)77(4,5)6)68-50-69-67(49-65(68)52-22-17-16-18-23-52)81-73-70(83(69)63-40-31-58(32-41-63)78(7,8)9)46-55(54-26-25-51-21-19-20-24-53(51)45-54)47-71(73)84(64-42-33-59(34-43-64)79(10,11)12)74-66-48-60(80(13,14)15)35-44-72(66)85-75(74)81/h16-50H,1-15H3.